The number of thiazole rings is 1. The standard InChI is InChI=1S/C28H35F3N4OS/c1-17-34-23-14-33-16-27(25(23)37-17)15-32-13-21(27)26(36)35-11-8-19(20-4-2-3-5-22(20)29)12-24(35)18-6-9-28(30,31)10-7-18/h2-5,18-19,21,24,32-33H,6-16H2,1H3/t19?,21-,24-,27-/m0/s1. The number of hydrogen-bond donors (Lipinski definition) is 2. The molecule has 2 aromatic rings. The lowest BCUT2D eigenvalue weighted by Gasteiger charge is -2.48. The predicted octanol–water partition coefficient (Wildman–Crippen LogP) is 4.75. The Morgan fingerprint density at radius 3 is 2.68 bits per heavy atom. The van der Waals surface area contributed by atoms with Crippen molar-refractivity contribution in [2.24, 2.45) is 11.8 Å². The fourth-order valence-corrected chi connectivity index (χ4v) is 8.60. The lowest BCUT2D eigenvalue weighted by atomic mass is 9.71. The molecule has 4 aliphatic rings. The van der Waals surface area contributed by atoms with E-state index >= 15 is 0 Å². The Labute approximate surface area is 220 Å². The summed E-state index contributed by atoms with van der Waals surface area (Å²) < 4.78 is 42.9. The van der Waals surface area contributed by atoms with E-state index in [1.54, 1.807) is 17.4 Å². The van der Waals surface area contributed by atoms with Gasteiger partial charge in [0.25, 0.3) is 0 Å². The summed E-state index contributed by atoms with van der Waals surface area (Å²) in [5.74, 6) is -2.98. The van der Waals surface area contributed by atoms with E-state index in [1.165, 1.54) is 10.9 Å². The van der Waals surface area contributed by atoms with Crippen LogP contribution >= 0.6 is 11.3 Å². The van der Waals surface area contributed by atoms with Gasteiger partial charge in [0, 0.05) is 61.9 Å². The highest BCUT2D eigenvalue weighted by Crippen LogP contribution is 2.47. The van der Waals surface area contributed by atoms with E-state index in [0.717, 1.165) is 30.3 Å². The van der Waals surface area contributed by atoms with Gasteiger partial charge in [0.1, 0.15) is 5.82 Å². The van der Waals surface area contributed by atoms with Crippen molar-refractivity contribution in [2.45, 2.75) is 75.3 Å². The van der Waals surface area contributed by atoms with Crippen LogP contribution in [-0.2, 0) is 16.8 Å². The highest BCUT2D eigenvalue weighted by Gasteiger charge is 2.54. The average Bonchev–Trinajstić information content (AvgIpc) is 3.48. The first-order chi connectivity index (χ1) is 17.8. The third kappa shape index (κ3) is 4.51. The van der Waals surface area contributed by atoms with Crippen molar-refractivity contribution in [3.8, 4) is 0 Å². The van der Waals surface area contributed by atoms with Crippen molar-refractivity contribution in [2.75, 3.05) is 26.2 Å². The second-order valence-electron chi connectivity index (χ2n) is 11.5. The van der Waals surface area contributed by atoms with Gasteiger partial charge < -0.3 is 15.5 Å². The van der Waals surface area contributed by atoms with Crippen LogP contribution in [0, 0.1) is 24.6 Å². The highest BCUT2D eigenvalue weighted by atomic mass is 32.1. The number of hydrogen-bond acceptors (Lipinski definition) is 5. The van der Waals surface area contributed by atoms with E-state index in [9.17, 15) is 18.0 Å². The van der Waals surface area contributed by atoms with Gasteiger partial charge in [0.2, 0.25) is 11.8 Å². The predicted molar refractivity (Wildman–Crippen MR) is 137 cm³/mol. The summed E-state index contributed by atoms with van der Waals surface area (Å²) in [6.07, 6.45) is 1.84. The number of benzene rings is 1. The van der Waals surface area contributed by atoms with Crippen molar-refractivity contribution in [1.29, 1.82) is 0 Å². The van der Waals surface area contributed by atoms with Crippen LogP contribution in [0.2, 0.25) is 0 Å². The smallest absolute Gasteiger partial charge is 0.248 e. The maximum atomic E-state index is 14.7. The molecule has 1 spiro atoms. The summed E-state index contributed by atoms with van der Waals surface area (Å²) in [6.45, 7) is 5.30. The Morgan fingerprint density at radius 2 is 1.89 bits per heavy atom. The Morgan fingerprint density at radius 1 is 1.14 bits per heavy atom. The summed E-state index contributed by atoms with van der Waals surface area (Å²) in [6, 6.07) is 6.71. The summed E-state index contributed by atoms with van der Waals surface area (Å²) in [7, 11) is 0. The molecule has 3 aliphatic heterocycles. The number of amides is 1. The molecule has 1 aliphatic carbocycles. The van der Waals surface area contributed by atoms with E-state index in [4.69, 9.17) is 4.98 Å². The summed E-state index contributed by atoms with van der Waals surface area (Å²) in [4.78, 5) is 22.3. The van der Waals surface area contributed by atoms with Crippen LogP contribution < -0.4 is 10.6 Å². The molecule has 1 amide bonds. The van der Waals surface area contributed by atoms with E-state index in [1.807, 2.05) is 24.0 Å². The zero-order valence-corrected chi connectivity index (χ0v) is 22.1. The number of nitrogens with one attached hydrogen (secondary N) is 2. The van der Waals surface area contributed by atoms with Crippen LogP contribution in [0.25, 0.3) is 0 Å². The summed E-state index contributed by atoms with van der Waals surface area (Å²) in [5, 5.41) is 8.01. The quantitative estimate of drug-likeness (QED) is 0.599. The normalized spacial score (nSPS) is 32.0. The molecule has 6 rings (SSSR count). The maximum absolute atomic E-state index is 14.7. The molecule has 1 aromatic carbocycles. The maximum Gasteiger partial charge on any atom is 0.248 e. The summed E-state index contributed by atoms with van der Waals surface area (Å²) in [5.41, 5.74) is 1.38. The Balaban J connectivity index is 1.30. The third-order valence-electron chi connectivity index (χ3n) is 9.32. The molecule has 1 saturated carbocycles. The van der Waals surface area contributed by atoms with E-state index < -0.39 is 5.92 Å². The Bertz CT molecular complexity index is 1160. The number of likely N-dealkylation sites (tertiary alicyclic amines) is 1. The molecule has 2 N–H and O–H groups in total. The number of alkyl halides is 2. The fraction of sp³-hybridized carbons (Fsp3) is 0.643. The number of rotatable bonds is 3. The minimum atomic E-state index is -2.63. The Kier molecular flexibility index (Phi) is 6.60. The minimum absolute atomic E-state index is 0.00847. The molecule has 37 heavy (non-hydrogen) atoms. The monoisotopic (exact) mass is 532 g/mol. The zero-order chi connectivity index (χ0) is 25.8. The molecule has 4 atom stereocenters. The van der Waals surface area contributed by atoms with Gasteiger partial charge in [-0.3, -0.25) is 4.79 Å². The highest BCUT2D eigenvalue weighted by molar-refractivity contribution is 7.11. The van der Waals surface area contributed by atoms with Crippen molar-refractivity contribution in [3.63, 3.8) is 0 Å². The number of halogens is 3. The molecule has 4 heterocycles. The molecule has 9 heteroatoms. The van der Waals surface area contributed by atoms with E-state index in [2.05, 4.69) is 10.6 Å². The number of carbonyl (C=O) groups excluding carboxylic acids is 1. The van der Waals surface area contributed by atoms with E-state index in [0.29, 0.717) is 44.3 Å². The summed E-state index contributed by atoms with van der Waals surface area (Å²) >= 11 is 1.70. The molecule has 5 nitrogen and oxygen atoms in total. The third-order valence-corrected chi connectivity index (χ3v) is 10.6. The van der Waals surface area contributed by atoms with Gasteiger partial charge in [-0.05, 0) is 56.1 Å². The first-order valence-electron chi connectivity index (χ1n) is 13.6. The van der Waals surface area contributed by atoms with Crippen molar-refractivity contribution < 1.29 is 18.0 Å². The van der Waals surface area contributed by atoms with Gasteiger partial charge in [-0.2, -0.15) is 0 Å². The lowest BCUT2D eigenvalue weighted by molar-refractivity contribution is -0.143. The second-order valence-corrected chi connectivity index (χ2v) is 12.7. The van der Waals surface area contributed by atoms with Crippen molar-refractivity contribution in [1.82, 2.24) is 20.5 Å². The van der Waals surface area contributed by atoms with Gasteiger partial charge in [0.05, 0.1) is 16.6 Å². The SMILES string of the molecule is Cc1nc2c(s1)[C@]1(CNC2)CNC[C@H]1C(=O)N1CCC(c2ccccc2F)C[C@H]1C1CCC(F)(F)CC1. The van der Waals surface area contributed by atoms with Gasteiger partial charge in [-0.1, -0.05) is 18.2 Å². The minimum Gasteiger partial charge on any atom is -0.339 e. The van der Waals surface area contributed by atoms with Gasteiger partial charge >= 0.3 is 0 Å². The molecule has 200 valence electrons. The lowest BCUT2D eigenvalue weighted by Crippen LogP contribution is -2.57. The molecule has 0 bridgehead atoms. The number of piperidine rings is 1. The van der Waals surface area contributed by atoms with Crippen LogP contribution in [0.4, 0.5) is 13.2 Å². The first kappa shape index (κ1) is 25.3. The fourth-order valence-electron chi connectivity index (χ4n) is 7.42. The number of aromatic nitrogens is 1. The topological polar surface area (TPSA) is 57.3 Å². The van der Waals surface area contributed by atoms with Gasteiger partial charge in [0.15, 0.2) is 0 Å². The van der Waals surface area contributed by atoms with Crippen LogP contribution in [0.5, 0.6) is 0 Å². The van der Waals surface area contributed by atoms with Crippen LogP contribution in [0.15, 0.2) is 24.3 Å². The zero-order valence-electron chi connectivity index (χ0n) is 21.2. The number of fused-ring (bicyclic) bond motifs is 2. The van der Waals surface area contributed by atoms with E-state index in [-0.39, 0.29) is 53.8 Å². The molecular weight excluding hydrogens is 497 g/mol. The Hall–Kier alpha value is -1.97. The van der Waals surface area contributed by atoms with Gasteiger partial charge in [-0.15, -0.1) is 11.3 Å². The molecule has 2 saturated heterocycles. The first-order valence-corrected chi connectivity index (χ1v) is 14.4. The molecule has 1 aromatic heterocycles. The largest absolute Gasteiger partial charge is 0.339 e. The van der Waals surface area contributed by atoms with Gasteiger partial charge in [-0.25, -0.2) is 18.2 Å². The van der Waals surface area contributed by atoms with Crippen LogP contribution in [0.3, 0.4) is 0 Å². The number of carbonyl (C=O) groups is 1. The number of aryl methyl sites for hydroxylation is 1. The molecule has 3 fully saturated rings. The number of nitrogens with zero attached hydrogens (tertiary/aromatic N) is 2. The van der Waals surface area contributed by atoms with Crippen molar-refractivity contribution >= 4 is 17.2 Å². The van der Waals surface area contributed by atoms with Crippen LogP contribution in [0.1, 0.15) is 65.6 Å². The molecular formula is C28H35F3N4OS. The molecule has 0 radical (unpaired) electrons. The second kappa shape index (κ2) is 9.65. The molecule has 1 unspecified atom stereocenters. The van der Waals surface area contributed by atoms with Crippen molar-refractivity contribution in [3.05, 3.63) is 51.2 Å². The average molecular weight is 533 g/mol. The van der Waals surface area contributed by atoms with Crippen LogP contribution in [-0.4, -0.2) is 53.9 Å².